The normalized spacial score (nSPS) is 12.3. The first-order chi connectivity index (χ1) is 16.0. The molecule has 0 unspecified atom stereocenters. The number of benzene rings is 2. The highest BCUT2D eigenvalue weighted by Gasteiger charge is 2.25. The first-order valence-electron chi connectivity index (χ1n) is 10.5. The third kappa shape index (κ3) is 4.88. The molecule has 0 spiro atoms. The molecular weight excluding hydrogens is 490 g/mol. The Hall–Kier alpha value is -3.33. The summed E-state index contributed by atoms with van der Waals surface area (Å²) >= 11 is 3.52. The van der Waals surface area contributed by atoms with E-state index in [1.165, 1.54) is 11.8 Å². The van der Waals surface area contributed by atoms with Crippen molar-refractivity contribution in [2.75, 3.05) is 32.3 Å². The maximum absolute atomic E-state index is 12.5. The number of rotatable bonds is 8. The average Bonchev–Trinajstić information content (AvgIpc) is 3.25. The number of halogens is 1. The number of carbonyl (C=O) groups excluding carboxylic acids is 1. The molecule has 9 heteroatoms. The Kier molecular flexibility index (Phi) is 6.98. The second-order valence-electron chi connectivity index (χ2n) is 7.25. The summed E-state index contributed by atoms with van der Waals surface area (Å²) in [6, 6.07) is 11.5. The van der Waals surface area contributed by atoms with Crippen molar-refractivity contribution in [3.63, 3.8) is 0 Å². The molecule has 0 fully saturated rings. The largest absolute Gasteiger partial charge is 0.497 e. The van der Waals surface area contributed by atoms with Crippen LogP contribution in [0.4, 0.5) is 11.6 Å². The van der Waals surface area contributed by atoms with Crippen LogP contribution in [0.2, 0.25) is 0 Å². The third-order valence-corrected chi connectivity index (χ3v) is 5.76. The van der Waals surface area contributed by atoms with Gasteiger partial charge in [0.25, 0.3) is 0 Å². The van der Waals surface area contributed by atoms with Crippen molar-refractivity contribution in [2.45, 2.75) is 20.0 Å². The Labute approximate surface area is 200 Å². The van der Waals surface area contributed by atoms with E-state index in [0.717, 1.165) is 28.7 Å². The van der Waals surface area contributed by atoms with Crippen LogP contribution in [0.15, 0.2) is 47.1 Å². The van der Waals surface area contributed by atoms with E-state index < -0.39 is 5.97 Å². The zero-order valence-corrected chi connectivity index (χ0v) is 20.2. The van der Waals surface area contributed by atoms with Gasteiger partial charge in [0.15, 0.2) is 0 Å². The number of hydrogen-bond acceptors (Lipinski definition) is 8. The van der Waals surface area contributed by atoms with E-state index in [1.807, 2.05) is 23.1 Å². The SMILES string of the molecule is CCOC(=O)c1cnc(N2CCc3cc(Br)ccc32)nc1OCc1cc(OC)ccc1OC. The van der Waals surface area contributed by atoms with Crippen LogP contribution < -0.4 is 19.1 Å². The molecular formula is C24H24BrN3O5. The highest BCUT2D eigenvalue weighted by atomic mass is 79.9. The van der Waals surface area contributed by atoms with Gasteiger partial charge in [-0.15, -0.1) is 0 Å². The Morgan fingerprint density at radius 3 is 2.76 bits per heavy atom. The summed E-state index contributed by atoms with van der Waals surface area (Å²) in [5, 5.41) is 0. The molecule has 1 aromatic heterocycles. The van der Waals surface area contributed by atoms with Gasteiger partial charge >= 0.3 is 5.97 Å². The minimum Gasteiger partial charge on any atom is -0.497 e. The fraction of sp³-hybridized carbons (Fsp3) is 0.292. The number of esters is 1. The first kappa shape index (κ1) is 22.8. The lowest BCUT2D eigenvalue weighted by Crippen LogP contribution is -2.18. The molecule has 0 bridgehead atoms. The Balaban J connectivity index is 1.67. The molecule has 0 amide bonds. The number of aromatic nitrogens is 2. The number of methoxy groups -OCH3 is 2. The second kappa shape index (κ2) is 10.1. The van der Waals surface area contributed by atoms with Gasteiger partial charge in [0.05, 0.1) is 27.0 Å². The fourth-order valence-electron chi connectivity index (χ4n) is 3.67. The maximum Gasteiger partial charge on any atom is 0.345 e. The van der Waals surface area contributed by atoms with Gasteiger partial charge in [0.2, 0.25) is 11.8 Å². The molecule has 3 aromatic rings. The number of carbonyl (C=O) groups is 1. The Morgan fingerprint density at radius 2 is 2.00 bits per heavy atom. The van der Waals surface area contributed by atoms with E-state index in [1.54, 1.807) is 33.3 Å². The van der Waals surface area contributed by atoms with Gasteiger partial charge in [-0.05, 0) is 55.3 Å². The van der Waals surface area contributed by atoms with Crippen LogP contribution in [-0.2, 0) is 17.8 Å². The lowest BCUT2D eigenvalue weighted by molar-refractivity contribution is 0.0519. The van der Waals surface area contributed by atoms with Gasteiger partial charge in [-0.1, -0.05) is 15.9 Å². The predicted octanol–water partition coefficient (Wildman–Crippen LogP) is 4.71. The first-order valence-corrected chi connectivity index (χ1v) is 11.3. The smallest absolute Gasteiger partial charge is 0.345 e. The zero-order valence-electron chi connectivity index (χ0n) is 18.6. The summed E-state index contributed by atoms with van der Waals surface area (Å²) < 4.78 is 23.0. The molecule has 0 saturated heterocycles. The molecule has 0 N–H and O–H groups in total. The molecule has 0 aliphatic carbocycles. The van der Waals surface area contributed by atoms with Gasteiger partial charge < -0.3 is 23.8 Å². The molecule has 2 aromatic carbocycles. The van der Waals surface area contributed by atoms with Crippen LogP contribution in [0.3, 0.4) is 0 Å². The zero-order chi connectivity index (χ0) is 23.4. The molecule has 0 atom stereocenters. The Bertz CT molecular complexity index is 1170. The summed E-state index contributed by atoms with van der Waals surface area (Å²) in [7, 11) is 3.18. The number of anilines is 2. The number of hydrogen-bond donors (Lipinski definition) is 0. The lowest BCUT2D eigenvalue weighted by atomic mass is 10.2. The minimum absolute atomic E-state index is 0.118. The predicted molar refractivity (Wildman–Crippen MR) is 127 cm³/mol. The molecule has 0 saturated carbocycles. The second-order valence-corrected chi connectivity index (χ2v) is 8.17. The van der Waals surface area contributed by atoms with Crippen LogP contribution in [-0.4, -0.2) is 43.3 Å². The van der Waals surface area contributed by atoms with Crippen LogP contribution in [0.25, 0.3) is 0 Å². The third-order valence-electron chi connectivity index (χ3n) is 5.27. The molecule has 2 heterocycles. The van der Waals surface area contributed by atoms with E-state index >= 15 is 0 Å². The number of nitrogens with zero attached hydrogens (tertiary/aromatic N) is 3. The quantitative estimate of drug-likeness (QED) is 0.400. The van der Waals surface area contributed by atoms with Crippen LogP contribution in [0, 0.1) is 0 Å². The standard InChI is InChI=1S/C24H24BrN3O5/c1-4-32-23(29)19-13-26-24(28-10-9-15-11-17(25)5-7-20(15)28)27-22(19)33-14-16-12-18(30-2)6-8-21(16)31-3/h5-8,11-13H,4,9-10,14H2,1-3H3. The molecule has 1 aliphatic rings. The Morgan fingerprint density at radius 1 is 1.15 bits per heavy atom. The van der Waals surface area contributed by atoms with Crippen molar-refractivity contribution in [1.29, 1.82) is 0 Å². The minimum atomic E-state index is -0.539. The van der Waals surface area contributed by atoms with E-state index in [2.05, 4.69) is 32.0 Å². The van der Waals surface area contributed by atoms with Crippen LogP contribution in [0.5, 0.6) is 17.4 Å². The van der Waals surface area contributed by atoms with E-state index in [0.29, 0.717) is 17.4 Å². The van der Waals surface area contributed by atoms with Crippen molar-refractivity contribution in [3.8, 4) is 17.4 Å². The van der Waals surface area contributed by atoms with E-state index in [-0.39, 0.29) is 24.7 Å². The molecule has 8 nitrogen and oxygen atoms in total. The molecule has 1 aliphatic heterocycles. The van der Waals surface area contributed by atoms with Crippen LogP contribution in [0.1, 0.15) is 28.4 Å². The summed E-state index contributed by atoms with van der Waals surface area (Å²) in [5.74, 6) is 1.37. The summed E-state index contributed by atoms with van der Waals surface area (Å²) in [5.41, 5.74) is 3.15. The molecule has 4 rings (SSSR count). The topological polar surface area (TPSA) is 83.0 Å². The fourth-order valence-corrected chi connectivity index (χ4v) is 4.07. The van der Waals surface area contributed by atoms with Gasteiger partial charge in [-0.25, -0.2) is 9.78 Å². The maximum atomic E-state index is 12.5. The van der Waals surface area contributed by atoms with Crippen molar-refractivity contribution < 1.29 is 23.7 Å². The van der Waals surface area contributed by atoms with Crippen molar-refractivity contribution in [1.82, 2.24) is 9.97 Å². The van der Waals surface area contributed by atoms with Gasteiger partial charge in [0.1, 0.15) is 23.7 Å². The summed E-state index contributed by atoms with van der Waals surface area (Å²) in [6.07, 6.45) is 2.32. The van der Waals surface area contributed by atoms with Gasteiger partial charge in [-0.2, -0.15) is 4.98 Å². The van der Waals surface area contributed by atoms with Crippen molar-refractivity contribution in [2.24, 2.45) is 0 Å². The van der Waals surface area contributed by atoms with Crippen molar-refractivity contribution in [3.05, 3.63) is 63.8 Å². The van der Waals surface area contributed by atoms with Gasteiger partial charge in [0, 0.05) is 22.3 Å². The highest BCUT2D eigenvalue weighted by molar-refractivity contribution is 9.10. The van der Waals surface area contributed by atoms with Crippen molar-refractivity contribution >= 4 is 33.5 Å². The molecule has 172 valence electrons. The summed E-state index contributed by atoms with van der Waals surface area (Å²) in [6.45, 7) is 2.83. The lowest BCUT2D eigenvalue weighted by Gasteiger charge is -2.19. The average molecular weight is 514 g/mol. The van der Waals surface area contributed by atoms with Gasteiger partial charge in [-0.3, -0.25) is 0 Å². The molecule has 0 radical (unpaired) electrons. The number of ether oxygens (including phenoxy) is 4. The summed E-state index contributed by atoms with van der Waals surface area (Å²) in [4.78, 5) is 23.6. The van der Waals surface area contributed by atoms with Crippen LogP contribution >= 0.6 is 15.9 Å². The monoisotopic (exact) mass is 513 g/mol. The van der Waals surface area contributed by atoms with E-state index in [9.17, 15) is 4.79 Å². The molecule has 33 heavy (non-hydrogen) atoms. The van der Waals surface area contributed by atoms with E-state index in [4.69, 9.17) is 18.9 Å². The number of fused-ring (bicyclic) bond motifs is 1. The highest BCUT2D eigenvalue weighted by Crippen LogP contribution is 2.35.